The number of carbonyl (C=O) groups excluding carboxylic acids is 1. The van der Waals surface area contributed by atoms with E-state index in [9.17, 15) is 15.3 Å². The Morgan fingerprint density at radius 2 is 1.82 bits per heavy atom. The van der Waals surface area contributed by atoms with E-state index in [1.54, 1.807) is 0 Å². The van der Waals surface area contributed by atoms with Gasteiger partial charge in [-0.05, 0) is 108 Å². The smallest absolute Gasteiger partial charge is 0.303 e. The fourth-order valence-electron chi connectivity index (χ4n) is 9.89. The van der Waals surface area contributed by atoms with Gasteiger partial charge in [0.25, 0.3) is 0 Å². The van der Waals surface area contributed by atoms with Crippen molar-refractivity contribution in [3.63, 3.8) is 0 Å². The highest BCUT2D eigenvalue weighted by Crippen LogP contribution is 2.71. The highest BCUT2D eigenvalue weighted by Gasteiger charge is 2.61. The third kappa shape index (κ3) is 4.45. The third-order valence-corrected chi connectivity index (χ3v) is 11.8. The Labute approximate surface area is 241 Å². The van der Waals surface area contributed by atoms with E-state index in [-0.39, 0.29) is 28.6 Å². The number of carbonyl (C=O) groups is 1. The van der Waals surface area contributed by atoms with E-state index < -0.39 is 0 Å². The van der Waals surface area contributed by atoms with Crippen molar-refractivity contribution in [3.05, 3.63) is 34.4 Å². The van der Waals surface area contributed by atoms with Crippen molar-refractivity contribution in [1.82, 2.24) is 0 Å². The summed E-state index contributed by atoms with van der Waals surface area (Å²) in [5.74, 6) is 3.13. The van der Waals surface area contributed by atoms with Crippen molar-refractivity contribution in [1.29, 1.82) is 10.5 Å². The van der Waals surface area contributed by atoms with Gasteiger partial charge >= 0.3 is 5.97 Å². The van der Waals surface area contributed by atoms with Crippen molar-refractivity contribution >= 4 is 17.2 Å². The number of nitrogen functional groups attached to an aromatic ring is 1. The first-order chi connectivity index (χ1) is 19.0. The second kappa shape index (κ2) is 10.6. The first kappa shape index (κ1) is 28.7. The summed E-state index contributed by atoms with van der Waals surface area (Å²) in [5.41, 5.74) is 10.9. The number of benzene rings is 1. The molecule has 2 saturated carbocycles. The van der Waals surface area contributed by atoms with Crippen molar-refractivity contribution in [2.45, 2.75) is 111 Å². The number of allylic oxidation sites excluding steroid dienone is 1. The first-order valence-electron chi connectivity index (χ1n) is 15.6. The molecule has 4 aliphatic rings. The molecule has 0 spiro atoms. The monoisotopic (exact) mass is 541 g/mol. The van der Waals surface area contributed by atoms with Gasteiger partial charge in [-0.15, -0.1) is 0 Å². The van der Waals surface area contributed by atoms with Crippen LogP contribution in [0.5, 0.6) is 0 Å². The van der Waals surface area contributed by atoms with Gasteiger partial charge in [0.05, 0.1) is 16.8 Å². The topological polar surface area (TPSA) is 99.9 Å². The van der Waals surface area contributed by atoms with Gasteiger partial charge in [0.15, 0.2) is 0 Å². The molecule has 2 N–H and O–H groups in total. The first-order valence-corrected chi connectivity index (χ1v) is 15.6. The average molecular weight is 542 g/mol. The van der Waals surface area contributed by atoms with Crippen LogP contribution < -0.4 is 5.73 Å². The van der Waals surface area contributed by atoms with Crippen LogP contribution in [0.4, 0.5) is 5.69 Å². The molecule has 0 radical (unpaired) electrons. The van der Waals surface area contributed by atoms with E-state index in [1.807, 2.05) is 6.07 Å². The van der Waals surface area contributed by atoms with E-state index in [0.717, 1.165) is 41.9 Å². The van der Waals surface area contributed by atoms with Crippen LogP contribution >= 0.6 is 0 Å². The van der Waals surface area contributed by atoms with Crippen molar-refractivity contribution in [2.75, 3.05) is 5.73 Å². The van der Waals surface area contributed by atoms with Gasteiger partial charge in [-0.3, -0.25) is 4.79 Å². The normalized spacial score (nSPS) is 34.8. The Balaban J connectivity index is 1.63. The second-order valence-electron chi connectivity index (χ2n) is 14.4. The van der Waals surface area contributed by atoms with Gasteiger partial charge in [0.2, 0.25) is 0 Å². The maximum Gasteiger partial charge on any atom is 0.303 e. The summed E-state index contributed by atoms with van der Waals surface area (Å²) in [6.07, 6.45) is 12.3. The average Bonchev–Trinajstić information content (AvgIpc) is 3.25. The van der Waals surface area contributed by atoms with Gasteiger partial charge in [-0.2, -0.15) is 10.5 Å². The van der Waals surface area contributed by atoms with Crippen LogP contribution in [-0.4, -0.2) is 12.1 Å². The minimum absolute atomic E-state index is 0.122. The summed E-state index contributed by atoms with van der Waals surface area (Å²) in [7, 11) is 0. The molecule has 1 aromatic rings. The molecular weight excluding hydrogens is 494 g/mol. The third-order valence-electron chi connectivity index (χ3n) is 11.8. The summed E-state index contributed by atoms with van der Waals surface area (Å²) in [4.78, 5) is 11.9. The van der Waals surface area contributed by atoms with Gasteiger partial charge in [0.1, 0.15) is 18.2 Å². The summed E-state index contributed by atoms with van der Waals surface area (Å²) < 4.78 is 5.68. The summed E-state index contributed by atoms with van der Waals surface area (Å²) in [6.45, 7) is 13.5. The fourth-order valence-corrected chi connectivity index (χ4v) is 9.89. The van der Waals surface area contributed by atoms with Gasteiger partial charge in [-0.1, -0.05) is 53.9 Å². The van der Waals surface area contributed by atoms with Crippen LogP contribution in [0.25, 0.3) is 5.57 Å². The molecule has 2 fully saturated rings. The number of nitrogens with zero attached hydrogens (tertiary/aromatic N) is 2. The Morgan fingerprint density at radius 1 is 1.07 bits per heavy atom. The number of nitriles is 2. The standard InChI is InChI=1S/C35H47N3O2/c1-20(2)8-7-9-21(3)27-10-11-28-32-25-16-23(18-36)33(38)26(19-37)31(25)30-17-24(40-22(4)39)12-14-35(30,6)29(32)13-15-34(27,28)5/h16-17,20-21,24,27-29,32H,7-15,38H2,1-6H3/t21-,24+,27-,28+,29+,32+,34-,35-/m1/s1. The number of rotatable bonds is 6. The maximum atomic E-state index is 11.9. The zero-order chi connectivity index (χ0) is 29.0. The quantitative estimate of drug-likeness (QED) is 0.289. The zero-order valence-electron chi connectivity index (χ0n) is 25.3. The largest absolute Gasteiger partial charge is 0.458 e. The van der Waals surface area contributed by atoms with E-state index in [1.165, 1.54) is 45.4 Å². The van der Waals surface area contributed by atoms with Crippen LogP contribution in [0.1, 0.15) is 128 Å². The molecule has 0 bridgehead atoms. The highest BCUT2D eigenvalue weighted by atomic mass is 16.5. The van der Waals surface area contributed by atoms with Crippen molar-refractivity contribution < 1.29 is 9.53 Å². The lowest BCUT2D eigenvalue weighted by molar-refractivity contribution is -0.145. The Bertz CT molecular complexity index is 1300. The van der Waals surface area contributed by atoms with Crippen molar-refractivity contribution in [2.24, 2.45) is 40.4 Å². The molecule has 0 aromatic heterocycles. The van der Waals surface area contributed by atoms with E-state index in [2.05, 4.69) is 52.8 Å². The van der Waals surface area contributed by atoms with E-state index in [4.69, 9.17) is 10.5 Å². The van der Waals surface area contributed by atoms with Crippen LogP contribution in [0, 0.1) is 63.1 Å². The molecule has 0 saturated heterocycles. The number of nitrogens with two attached hydrogens (primary N) is 1. The summed E-state index contributed by atoms with van der Waals surface area (Å²) in [6, 6.07) is 6.72. The molecule has 8 atom stereocenters. The van der Waals surface area contributed by atoms with E-state index in [0.29, 0.717) is 40.7 Å². The van der Waals surface area contributed by atoms with Crippen LogP contribution in [-0.2, 0) is 9.53 Å². The molecule has 5 rings (SSSR count). The molecule has 4 aliphatic carbocycles. The van der Waals surface area contributed by atoms with Gasteiger partial charge in [0, 0.05) is 12.5 Å². The Morgan fingerprint density at radius 3 is 2.48 bits per heavy atom. The van der Waals surface area contributed by atoms with Crippen molar-refractivity contribution in [3.8, 4) is 12.1 Å². The van der Waals surface area contributed by atoms with Gasteiger partial charge < -0.3 is 10.5 Å². The minimum atomic E-state index is -0.301. The number of esters is 1. The zero-order valence-corrected chi connectivity index (χ0v) is 25.3. The predicted molar refractivity (Wildman–Crippen MR) is 159 cm³/mol. The predicted octanol–water partition coefficient (Wildman–Crippen LogP) is 8.13. The number of anilines is 1. The molecule has 5 nitrogen and oxygen atoms in total. The maximum absolute atomic E-state index is 11.9. The lowest BCUT2D eigenvalue weighted by Gasteiger charge is -2.59. The van der Waals surface area contributed by atoms with Crippen LogP contribution in [0.3, 0.4) is 0 Å². The molecular formula is C35H47N3O2. The number of hydrogen-bond acceptors (Lipinski definition) is 5. The second-order valence-corrected chi connectivity index (χ2v) is 14.4. The molecule has 40 heavy (non-hydrogen) atoms. The molecule has 0 amide bonds. The van der Waals surface area contributed by atoms with Crippen LogP contribution in [0.15, 0.2) is 12.1 Å². The number of hydrogen-bond donors (Lipinski definition) is 1. The molecule has 214 valence electrons. The lowest BCUT2D eigenvalue weighted by Crippen LogP contribution is -2.50. The molecule has 1 aromatic carbocycles. The Kier molecular flexibility index (Phi) is 7.58. The minimum Gasteiger partial charge on any atom is -0.458 e. The lowest BCUT2D eigenvalue weighted by atomic mass is 9.45. The molecule has 0 unspecified atom stereocenters. The Hall–Kier alpha value is -2.79. The molecule has 0 aliphatic heterocycles. The molecule has 5 heteroatoms. The van der Waals surface area contributed by atoms with Gasteiger partial charge in [-0.25, -0.2) is 0 Å². The van der Waals surface area contributed by atoms with E-state index >= 15 is 0 Å². The number of fused-ring (bicyclic) bond motifs is 8. The summed E-state index contributed by atoms with van der Waals surface area (Å²) >= 11 is 0. The SMILES string of the molecule is CC(=O)O[C@@H]1C=C2c3c(cc(C#N)c(N)c3C#N)[C@H]3[C@@H]4CC[C@H]([C@H](C)CCCC(C)C)[C@@]4(C)CC[C@@H]3[C@@]2(C)CC1. The summed E-state index contributed by atoms with van der Waals surface area (Å²) in [5, 5.41) is 20.4. The number of ether oxygens (including phenoxy) is 1. The fraction of sp³-hybridized carbons (Fsp3) is 0.686. The molecule has 0 heterocycles. The van der Waals surface area contributed by atoms with Crippen LogP contribution in [0.2, 0.25) is 0 Å². The highest BCUT2D eigenvalue weighted by molar-refractivity contribution is 5.86.